The van der Waals surface area contributed by atoms with Gasteiger partial charge in [-0.2, -0.15) is 0 Å². The van der Waals surface area contributed by atoms with Crippen LogP contribution in [0.1, 0.15) is 38.8 Å². The van der Waals surface area contributed by atoms with Gasteiger partial charge in [-0.1, -0.05) is 6.92 Å². The van der Waals surface area contributed by atoms with Crippen LogP contribution in [-0.2, 0) is 4.79 Å². The van der Waals surface area contributed by atoms with E-state index in [9.17, 15) is 4.79 Å². The van der Waals surface area contributed by atoms with Crippen LogP contribution in [0.3, 0.4) is 0 Å². The third-order valence-electron chi connectivity index (χ3n) is 4.44. The van der Waals surface area contributed by atoms with Gasteiger partial charge < -0.3 is 24.4 Å². The minimum atomic E-state index is -0.373. The van der Waals surface area contributed by atoms with Crippen LogP contribution in [0.5, 0.6) is 17.2 Å². The van der Waals surface area contributed by atoms with E-state index in [1.54, 1.807) is 28.3 Å². The molecule has 1 aromatic carbocycles. The quantitative estimate of drug-likeness (QED) is 0.731. The molecule has 0 bridgehead atoms. The molecule has 1 unspecified atom stereocenters. The fourth-order valence-electron chi connectivity index (χ4n) is 3.25. The van der Waals surface area contributed by atoms with Crippen LogP contribution in [0.4, 0.5) is 0 Å². The Morgan fingerprint density at radius 1 is 1.19 bits per heavy atom. The van der Waals surface area contributed by atoms with E-state index < -0.39 is 0 Å². The minimum absolute atomic E-state index is 0.00245. The highest BCUT2D eigenvalue weighted by molar-refractivity contribution is 7.80. The van der Waals surface area contributed by atoms with Crippen LogP contribution < -0.4 is 19.5 Å². The zero-order valence-electron chi connectivity index (χ0n) is 16.1. The Kier molecular flexibility index (Phi) is 6.47. The first kappa shape index (κ1) is 20.0. The molecule has 7 heteroatoms. The Balaban J connectivity index is 2.63. The number of ether oxygens (including phenoxy) is 3. The summed E-state index contributed by atoms with van der Waals surface area (Å²) in [5.41, 5.74) is 2.38. The molecule has 1 atom stereocenters. The summed E-state index contributed by atoms with van der Waals surface area (Å²) >= 11 is 5.54. The molecule has 142 valence electrons. The maximum Gasteiger partial charge on any atom is 0.203 e. The predicted molar refractivity (Wildman–Crippen MR) is 105 cm³/mol. The predicted octanol–water partition coefficient (Wildman–Crippen LogP) is 3.22. The number of benzene rings is 1. The Bertz CT molecular complexity index is 720. The lowest BCUT2D eigenvalue weighted by Crippen LogP contribution is -2.47. The zero-order chi connectivity index (χ0) is 19.4. The van der Waals surface area contributed by atoms with Crippen molar-refractivity contribution in [1.29, 1.82) is 0 Å². The van der Waals surface area contributed by atoms with Crippen molar-refractivity contribution < 1.29 is 19.0 Å². The highest BCUT2D eigenvalue weighted by Gasteiger charge is 2.33. The molecule has 0 saturated heterocycles. The molecule has 0 aromatic heterocycles. The zero-order valence-corrected chi connectivity index (χ0v) is 17.0. The molecule has 1 aliphatic rings. The second-order valence-corrected chi connectivity index (χ2v) is 6.43. The average molecular weight is 378 g/mol. The van der Waals surface area contributed by atoms with E-state index in [-0.39, 0.29) is 11.8 Å². The summed E-state index contributed by atoms with van der Waals surface area (Å²) in [6.45, 7) is 6.35. The van der Waals surface area contributed by atoms with Gasteiger partial charge in [0.15, 0.2) is 22.4 Å². The molecular formula is C19H26N2O4S. The lowest BCUT2D eigenvalue weighted by atomic mass is 9.92. The number of nitrogens with zero attached hydrogens (tertiary/aromatic N) is 1. The molecule has 0 aliphatic carbocycles. The summed E-state index contributed by atoms with van der Waals surface area (Å²) in [6, 6.07) is 3.31. The third-order valence-corrected chi connectivity index (χ3v) is 4.78. The van der Waals surface area contributed by atoms with Crippen LogP contribution in [0.2, 0.25) is 0 Å². The molecule has 0 fully saturated rings. The molecule has 0 radical (unpaired) electrons. The van der Waals surface area contributed by atoms with Gasteiger partial charge >= 0.3 is 0 Å². The maximum absolute atomic E-state index is 12.4. The van der Waals surface area contributed by atoms with Crippen LogP contribution in [-0.4, -0.2) is 43.7 Å². The number of ketones is 1. The highest BCUT2D eigenvalue weighted by atomic mass is 32.1. The van der Waals surface area contributed by atoms with Crippen molar-refractivity contribution in [2.75, 3.05) is 27.9 Å². The summed E-state index contributed by atoms with van der Waals surface area (Å²) < 4.78 is 16.3. The van der Waals surface area contributed by atoms with Crippen molar-refractivity contribution in [3.8, 4) is 17.2 Å². The number of Topliss-reactive ketones (excluding diaryl/α,β-unsaturated/α-hetero) is 1. The minimum Gasteiger partial charge on any atom is -0.493 e. The van der Waals surface area contributed by atoms with Crippen LogP contribution in [0.15, 0.2) is 23.4 Å². The Morgan fingerprint density at radius 3 is 2.19 bits per heavy atom. The van der Waals surface area contributed by atoms with Gasteiger partial charge in [0, 0.05) is 17.8 Å². The first-order chi connectivity index (χ1) is 12.4. The van der Waals surface area contributed by atoms with Crippen LogP contribution in [0.25, 0.3) is 0 Å². The molecule has 1 aliphatic heterocycles. The average Bonchev–Trinajstić information content (AvgIpc) is 2.62. The largest absolute Gasteiger partial charge is 0.493 e. The third kappa shape index (κ3) is 3.62. The number of thiocarbonyl (C=S) groups is 1. The maximum atomic E-state index is 12.4. The van der Waals surface area contributed by atoms with Gasteiger partial charge in [0.2, 0.25) is 5.75 Å². The number of methoxy groups -OCH3 is 3. The number of hydrogen-bond donors (Lipinski definition) is 1. The van der Waals surface area contributed by atoms with E-state index in [0.29, 0.717) is 27.9 Å². The number of hydrogen-bond acceptors (Lipinski definition) is 5. The number of rotatable bonds is 7. The number of nitrogens with one attached hydrogen (secondary N) is 1. The Hall–Kier alpha value is -2.28. The first-order valence-electron chi connectivity index (χ1n) is 8.49. The summed E-state index contributed by atoms with van der Waals surface area (Å²) in [6.07, 6.45) is 0.930. The van der Waals surface area contributed by atoms with Gasteiger partial charge in [-0.05, 0) is 50.2 Å². The van der Waals surface area contributed by atoms with Crippen molar-refractivity contribution in [3.63, 3.8) is 0 Å². The smallest absolute Gasteiger partial charge is 0.203 e. The molecule has 0 amide bonds. The molecule has 0 saturated carbocycles. The molecule has 6 nitrogen and oxygen atoms in total. The van der Waals surface area contributed by atoms with Gasteiger partial charge in [-0.3, -0.25) is 4.79 Å². The van der Waals surface area contributed by atoms with E-state index in [0.717, 1.165) is 24.2 Å². The molecule has 0 spiro atoms. The van der Waals surface area contributed by atoms with Crippen molar-refractivity contribution in [2.24, 2.45) is 0 Å². The van der Waals surface area contributed by atoms with Gasteiger partial charge in [0.1, 0.15) is 0 Å². The van der Waals surface area contributed by atoms with Gasteiger partial charge in [-0.15, -0.1) is 0 Å². The Morgan fingerprint density at radius 2 is 1.77 bits per heavy atom. The second-order valence-electron chi connectivity index (χ2n) is 6.05. The standard InChI is InChI=1S/C19H26N2O4S/c1-7-8-21-11(2)16(12(3)22)17(20-19(21)26)13-9-14(23-4)18(25-6)15(10-13)24-5/h9-10,17H,7-8H2,1-6H3,(H,20,26). The lowest BCUT2D eigenvalue weighted by molar-refractivity contribution is -0.114. The molecular weight excluding hydrogens is 352 g/mol. The molecule has 26 heavy (non-hydrogen) atoms. The van der Waals surface area contributed by atoms with Gasteiger partial charge in [0.25, 0.3) is 0 Å². The SMILES string of the molecule is CCCN1C(=S)NC(c2cc(OC)c(OC)c(OC)c2)C(C(C)=O)=C1C. The van der Waals surface area contributed by atoms with E-state index in [4.69, 9.17) is 26.4 Å². The molecule has 2 rings (SSSR count). The number of allylic oxidation sites excluding steroid dienone is 1. The second kappa shape index (κ2) is 8.40. The van der Waals surface area contributed by atoms with Gasteiger partial charge in [0.05, 0.1) is 27.4 Å². The van der Waals surface area contributed by atoms with Gasteiger partial charge in [-0.25, -0.2) is 0 Å². The van der Waals surface area contributed by atoms with Crippen molar-refractivity contribution in [3.05, 3.63) is 29.0 Å². The topological polar surface area (TPSA) is 60.0 Å². The Labute approximate surface area is 160 Å². The molecule has 1 aromatic rings. The summed E-state index contributed by atoms with van der Waals surface area (Å²) in [7, 11) is 4.69. The number of carbonyl (C=O) groups is 1. The summed E-state index contributed by atoms with van der Waals surface area (Å²) in [4.78, 5) is 14.4. The van der Waals surface area contributed by atoms with E-state index in [2.05, 4.69) is 12.2 Å². The normalized spacial score (nSPS) is 17.1. The van der Waals surface area contributed by atoms with Crippen molar-refractivity contribution in [2.45, 2.75) is 33.2 Å². The summed E-state index contributed by atoms with van der Waals surface area (Å²) in [5.74, 6) is 1.57. The van der Waals surface area contributed by atoms with E-state index in [1.165, 1.54) is 0 Å². The fraction of sp³-hybridized carbons (Fsp3) is 0.474. The number of carbonyl (C=O) groups excluding carboxylic acids is 1. The fourth-order valence-corrected chi connectivity index (χ4v) is 3.60. The molecule has 1 heterocycles. The summed E-state index contributed by atoms with van der Waals surface area (Å²) in [5, 5.41) is 3.90. The van der Waals surface area contributed by atoms with E-state index >= 15 is 0 Å². The van der Waals surface area contributed by atoms with E-state index in [1.807, 2.05) is 24.0 Å². The first-order valence-corrected chi connectivity index (χ1v) is 8.89. The van der Waals surface area contributed by atoms with Crippen LogP contribution in [0, 0.1) is 0 Å². The van der Waals surface area contributed by atoms with Crippen molar-refractivity contribution >= 4 is 23.1 Å². The lowest BCUT2D eigenvalue weighted by Gasteiger charge is -2.37. The van der Waals surface area contributed by atoms with Crippen LogP contribution >= 0.6 is 12.2 Å². The highest BCUT2D eigenvalue weighted by Crippen LogP contribution is 2.42. The monoisotopic (exact) mass is 378 g/mol. The van der Waals surface area contributed by atoms with Crippen molar-refractivity contribution in [1.82, 2.24) is 10.2 Å². The molecule has 1 N–H and O–H groups in total.